The van der Waals surface area contributed by atoms with Crippen LogP contribution in [0.25, 0.3) is 0 Å². The fraction of sp³-hybridized carbons (Fsp3) is 0.200. The summed E-state index contributed by atoms with van der Waals surface area (Å²) in [6, 6.07) is 12.4. The van der Waals surface area contributed by atoms with Crippen molar-refractivity contribution in [1.29, 1.82) is 0 Å². The van der Waals surface area contributed by atoms with Crippen molar-refractivity contribution in [3.63, 3.8) is 0 Å². The topological polar surface area (TPSA) is 89.5 Å². The number of thiophene rings is 1. The van der Waals surface area contributed by atoms with Crippen LogP contribution in [0.15, 0.2) is 69.1 Å². The molecule has 0 amide bonds. The number of hydrogen-bond acceptors (Lipinski definition) is 6. The van der Waals surface area contributed by atoms with Crippen molar-refractivity contribution in [3.05, 3.63) is 76.9 Å². The lowest BCUT2D eigenvalue weighted by Gasteiger charge is -2.18. The van der Waals surface area contributed by atoms with Gasteiger partial charge in [0.15, 0.2) is 9.84 Å². The van der Waals surface area contributed by atoms with E-state index in [2.05, 4.69) is 4.72 Å². The SMILES string of the molecule is COc1ccc(S(=O)(=O)NC[C@@H](c2ccc(F)cc2)S(=O)(=O)c2cccs2)cc1C. The molecular weight excluding hydrogens is 449 g/mol. The Morgan fingerprint density at radius 1 is 1.07 bits per heavy atom. The molecule has 3 aromatic rings. The van der Waals surface area contributed by atoms with E-state index in [0.29, 0.717) is 16.9 Å². The van der Waals surface area contributed by atoms with Crippen molar-refractivity contribution in [2.75, 3.05) is 13.7 Å². The molecule has 1 N–H and O–H groups in total. The second kappa shape index (κ2) is 8.84. The molecule has 0 bridgehead atoms. The van der Waals surface area contributed by atoms with Gasteiger partial charge in [-0.3, -0.25) is 0 Å². The van der Waals surface area contributed by atoms with Gasteiger partial charge in [0, 0.05) is 6.54 Å². The summed E-state index contributed by atoms with van der Waals surface area (Å²) in [5.41, 5.74) is 0.917. The summed E-state index contributed by atoms with van der Waals surface area (Å²) in [6.45, 7) is 1.31. The molecule has 1 atom stereocenters. The zero-order valence-electron chi connectivity index (χ0n) is 16.2. The van der Waals surface area contributed by atoms with Crippen LogP contribution in [0.4, 0.5) is 4.39 Å². The van der Waals surface area contributed by atoms with E-state index in [-0.39, 0.29) is 9.10 Å². The molecule has 0 spiro atoms. The van der Waals surface area contributed by atoms with Crippen molar-refractivity contribution in [1.82, 2.24) is 4.72 Å². The lowest BCUT2D eigenvalue weighted by molar-refractivity contribution is 0.411. The van der Waals surface area contributed by atoms with Gasteiger partial charge in [-0.15, -0.1) is 11.3 Å². The van der Waals surface area contributed by atoms with Gasteiger partial charge in [-0.25, -0.2) is 25.9 Å². The largest absolute Gasteiger partial charge is 0.496 e. The van der Waals surface area contributed by atoms with Crippen molar-refractivity contribution in [2.45, 2.75) is 21.3 Å². The van der Waals surface area contributed by atoms with Crippen molar-refractivity contribution >= 4 is 31.2 Å². The zero-order chi connectivity index (χ0) is 21.9. The molecular formula is C20H20FNO5S3. The monoisotopic (exact) mass is 469 g/mol. The first kappa shape index (κ1) is 22.4. The summed E-state index contributed by atoms with van der Waals surface area (Å²) in [4.78, 5) is -0.00724. The molecule has 0 saturated heterocycles. The van der Waals surface area contributed by atoms with E-state index in [9.17, 15) is 21.2 Å². The molecule has 0 aliphatic carbocycles. The van der Waals surface area contributed by atoms with E-state index in [0.717, 1.165) is 23.5 Å². The number of rotatable bonds is 8. The first-order valence-electron chi connectivity index (χ1n) is 8.82. The Balaban J connectivity index is 1.94. The molecule has 0 fully saturated rings. The number of methoxy groups -OCH3 is 1. The van der Waals surface area contributed by atoms with Gasteiger partial charge < -0.3 is 4.74 Å². The van der Waals surface area contributed by atoms with E-state index in [1.54, 1.807) is 18.4 Å². The minimum absolute atomic E-state index is 0.00724. The van der Waals surface area contributed by atoms with Gasteiger partial charge in [-0.2, -0.15) is 0 Å². The van der Waals surface area contributed by atoms with Gasteiger partial charge in [0.05, 0.1) is 12.0 Å². The highest BCUT2D eigenvalue weighted by atomic mass is 32.2. The Labute approximate surface area is 179 Å². The lowest BCUT2D eigenvalue weighted by Crippen LogP contribution is -2.32. The Kier molecular flexibility index (Phi) is 6.61. The normalized spacial score (nSPS) is 13.2. The minimum Gasteiger partial charge on any atom is -0.496 e. The van der Waals surface area contributed by atoms with Crippen LogP contribution in [-0.2, 0) is 19.9 Å². The average Bonchev–Trinajstić information content (AvgIpc) is 3.25. The van der Waals surface area contributed by atoms with Crippen LogP contribution in [0.2, 0.25) is 0 Å². The zero-order valence-corrected chi connectivity index (χ0v) is 18.7. The Bertz CT molecular complexity index is 1220. The Hall–Kier alpha value is -2.27. The lowest BCUT2D eigenvalue weighted by atomic mass is 10.1. The second-order valence-corrected chi connectivity index (χ2v) is 11.6. The van der Waals surface area contributed by atoms with Crippen LogP contribution in [-0.4, -0.2) is 30.5 Å². The molecule has 1 heterocycles. The van der Waals surface area contributed by atoms with Gasteiger partial charge in [0.25, 0.3) is 0 Å². The molecule has 0 unspecified atom stereocenters. The fourth-order valence-electron chi connectivity index (χ4n) is 2.94. The van der Waals surface area contributed by atoms with E-state index in [1.807, 2.05) is 0 Å². The summed E-state index contributed by atoms with van der Waals surface area (Å²) >= 11 is 1.04. The molecule has 6 nitrogen and oxygen atoms in total. The maximum absolute atomic E-state index is 13.3. The predicted octanol–water partition coefficient (Wildman–Crippen LogP) is 3.70. The van der Waals surface area contributed by atoms with Crippen LogP contribution in [0.1, 0.15) is 16.4 Å². The molecule has 0 aliphatic heterocycles. The molecule has 1 aromatic heterocycles. The summed E-state index contributed by atoms with van der Waals surface area (Å²) in [6.07, 6.45) is 0. The van der Waals surface area contributed by atoms with Crippen molar-refractivity contribution in [2.24, 2.45) is 0 Å². The number of aryl methyl sites for hydroxylation is 1. The fourth-order valence-corrected chi connectivity index (χ4v) is 7.04. The number of ether oxygens (including phenoxy) is 1. The number of sulfone groups is 1. The quantitative estimate of drug-likeness (QED) is 0.543. The highest BCUT2D eigenvalue weighted by molar-refractivity contribution is 7.93. The highest BCUT2D eigenvalue weighted by Crippen LogP contribution is 2.32. The number of nitrogens with one attached hydrogen (secondary N) is 1. The molecule has 0 saturated carbocycles. The van der Waals surface area contributed by atoms with Gasteiger partial charge in [0.2, 0.25) is 10.0 Å². The summed E-state index contributed by atoms with van der Waals surface area (Å²) in [7, 11) is -6.40. The molecule has 30 heavy (non-hydrogen) atoms. The molecule has 3 rings (SSSR count). The van der Waals surface area contributed by atoms with E-state index in [1.165, 1.54) is 43.5 Å². The molecule has 160 valence electrons. The summed E-state index contributed by atoms with van der Waals surface area (Å²) in [5, 5.41) is 0.407. The number of benzene rings is 2. The molecule has 0 radical (unpaired) electrons. The predicted molar refractivity (Wildman–Crippen MR) is 114 cm³/mol. The van der Waals surface area contributed by atoms with Crippen LogP contribution >= 0.6 is 11.3 Å². The Morgan fingerprint density at radius 3 is 2.33 bits per heavy atom. The summed E-state index contributed by atoms with van der Waals surface area (Å²) < 4.78 is 72.8. The van der Waals surface area contributed by atoms with Gasteiger partial charge in [0.1, 0.15) is 21.0 Å². The molecule has 0 aliphatic rings. The standard InChI is InChI=1S/C20H20FNO5S3/c1-14-12-17(9-10-18(14)27-2)30(25,26)22-13-19(15-5-7-16(21)8-6-15)29(23,24)20-4-3-11-28-20/h3-12,19,22H,13H2,1-2H3/t19-/m0/s1. The third-order valence-electron chi connectivity index (χ3n) is 4.53. The highest BCUT2D eigenvalue weighted by Gasteiger charge is 2.31. The summed E-state index contributed by atoms with van der Waals surface area (Å²) in [5.74, 6) is 0.0266. The van der Waals surface area contributed by atoms with Gasteiger partial charge in [-0.05, 0) is 59.8 Å². The third kappa shape index (κ3) is 4.72. The first-order chi connectivity index (χ1) is 14.1. The van der Waals surface area contributed by atoms with E-state index >= 15 is 0 Å². The number of halogens is 1. The number of sulfonamides is 1. The molecule has 2 aromatic carbocycles. The van der Waals surface area contributed by atoms with Crippen LogP contribution in [0.5, 0.6) is 5.75 Å². The van der Waals surface area contributed by atoms with E-state index in [4.69, 9.17) is 4.74 Å². The Morgan fingerprint density at radius 2 is 1.77 bits per heavy atom. The van der Waals surface area contributed by atoms with Crippen LogP contribution in [0.3, 0.4) is 0 Å². The van der Waals surface area contributed by atoms with Crippen molar-refractivity contribution < 1.29 is 26.0 Å². The smallest absolute Gasteiger partial charge is 0.240 e. The van der Waals surface area contributed by atoms with Crippen LogP contribution < -0.4 is 9.46 Å². The number of hydrogen-bond donors (Lipinski definition) is 1. The first-order valence-corrected chi connectivity index (χ1v) is 12.7. The van der Waals surface area contributed by atoms with Crippen LogP contribution in [0, 0.1) is 12.7 Å². The molecule has 10 heteroatoms. The van der Waals surface area contributed by atoms with Gasteiger partial charge >= 0.3 is 0 Å². The maximum Gasteiger partial charge on any atom is 0.240 e. The second-order valence-electron chi connectivity index (χ2n) is 6.50. The average molecular weight is 470 g/mol. The van der Waals surface area contributed by atoms with E-state index < -0.39 is 37.5 Å². The minimum atomic E-state index is -3.99. The van der Waals surface area contributed by atoms with Crippen molar-refractivity contribution in [3.8, 4) is 5.75 Å². The van der Waals surface area contributed by atoms with Gasteiger partial charge in [-0.1, -0.05) is 18.2 Å². The maximum atomic E-state index is 13.3. The third-order valence-corrected chi connectivity index (χ3v) is 9.48.